The van der Waals surface area contributed by atoms with Gasteiger partial charge in [-0.25, -0.2) is 4.39 Å². The molecule has 0 aromatic heterocycles. The summed E-state index contributed by atoms with van der Waals surface area (Å²) in [4.78, 5) is 11.8. The number of benzene rings is 1. The largest absolute Gasteiger partial charge is 0.354 e. The number of hydrogen-bond donors (Lipinski definition) is 2. The zero-order valence-corrected chi connectivity index (χ0v) is 12.9. The Morgan fingerprint density at radius 2 is 2.00 bits per heavy atom. The number of carbonyl (C=O) groups is 1. The smallest absolute Gasteiger partial charge is 0.221 e. The number of amides is 1. The zero-order chi connectivity index (χ0) is 15.2. The molecule has 2 atom stereocenters. The van der Waals surface area contributed by atoms with E-state index in [0.29, 0.717) is 18.9 Å². The van der Waals surface area contributed by atoms with Crippen LogP contribution in [0.2, 0.25) is 0 Å². The van der Waals surface area contributed by atoms with Gasteiger partial charge >= 0.3 is 0 Å². The average Bonchev–Trinajstić information content (AvgIpc) is 3.29. The average molecular weight is 292 g/mol. The van der Waals surface area contributed by atoms with Gasteiger partial charge in [-0.15, -0.1) is 0 Å². The van der Waals surface area contributed by atoms with E-state index in [0.717, 1.165) is 12.0 Å². The van der Waals surface area contributed by atoms with Crippen LogP contribution in [-0.4, -0.2) is 18.5 Å². The summed E-state index contributed by atoms with van der Waals surface area (Å²) >= 11 is 0. The maximum Gasteiger partial charge on any atom is 0.221 e. The van der Waals surface area contributed by atoms with Crippen LogP contribution >= 0.6 is 0 Å². The van der Waals surface area contributed by atoms with Gasteiger partial charge in [-0.1, -0.05) is 19.1 Å². The van der Waals surface area contributed by atoms with Crippen molar-refractivity contribution in [2.24, 2.45) is 5.92 Å². The highest BCUT2D eigenvalue weighted by Crippen LogP contribution is 2.40. The van der Waals surface area contributed by atoms with E-state index in [-0.39, 0.29) is 23.8 Å². The van der Waals surface area contributed by atoms with E-state index in [1.807, 2.05) is 19.1 Å². The number of carbonyl (C=O) groups excluding carboxylic acids is 1. The van der Waals surface area contributed by atoms with E-state index in [1.54, 1.807) is 0 Å². The third kappa shape index (κ3) is 5.12. The molecule has 0 heterocycles. The van der Waals surface area contributed by atoms with Crippen molar-refractivity contribution in [2.45, 2.75) is 51.6 Å². The summed E-state index contributed by atoms with van der Waals surface area (Å²) in [6.07, 6.45) is 3.83. The molecule has 4 heteroatoms. The first kappa shape index (κ1) is 16.0. The summed E-state index contributed by atoms with van der Waals surface area (Å²) in [6.45, 7) is 4.72. The summed E-state index contributed by atoms with van der Waals surface area (Å²) in [6, 6.07) is 7.15. The van der Waals surface area contributed by atoms with Crippen LogP contribution in [0.5, 0.6) is 0 Å². The van der Waals surface area contributed by atoms with E-state index >= 15 is 0 Å². The molecule has 1 fully saturated rings. The van der Waals surface area contributed by atoms with Gasteiger partial charge in [-0.3, -0.25) is 4.79 Å². The van der Waals surface area contributed by atoms with Gasteiger partial charge in [-0.05, 0) is 49.8 Å². The molecule has 0 spiro atoms. The van der Waals surface area contributed by atoms with Crippen LogP contribution in [0.3, 0.4) is 0 Å². The van der Waals surface area contributed by atoms with Crippen molar-refractivity contribution in [3.05, 3.63) is 35.6 Å². The standard InChI is InChI=1S/C17H25FN2O/c1-3-12(2)20-16(21)10-11-19-17(13-4-5-13)14-6-8-15(18)9-7-14/h6-9,12-13,17,19H,3-5,10-11H2,1-2H3,(H,20,21). The van der Waals surface area contributed by atoms with Crippen molar-refractivity contribution in [1.29, 1.82) is 0 Å². The second-order valence-electron chi connectivity index (χ2n) is 5.95. The third-order valence-corrected chi connectivity index (χ3v) is 4.06. The molecule has 1 aromatic carbocycles. The van der Waals surface area contributed by atoms with Gasteiger partial charge in [0, 0.05) is 25.0 Å². The van der Waals surface area contributed by atoms with Crippen molar-refractivity contribution in [1.82, 2.24) is 10.6 Å². The Hall–Kier alpha value is -1.42. The van der Waals surface area contributed by atoms with E-state index in [1.165, 1.54) is 25.0 Å². The number of hydrogen-bond acceptors (Lipinski definition) is 2. The van der Waals surface area contributed by atoms with Crippen molar-refractivity contribution < 1.29 is 9.18 Å². The summed E-state index contributed by atoms with van der Waals surface area (Å²) < 4.78 is 13.0. The van der Waals surface area contributed by atoms with Crippen molar-refractivity contribution in [3.8, 4) is 0 Å². The second kappa shape index (κ2) is 7.55. The molecule has 0 saturated heterocycles. The third-order valence-electron chi connectivity index (χ3n) is 4.06. The maximum atomic E-state index is 13.0. The zero-order valence-electron chi connectivity index (χ0n) is 12.9. The molecular formula is C17H25FN2O. The van der Waals surface area contributed by atoms with E-state index in [9.17, 15) is 9.18 Å². The minimum Gasteiger partial charge on any atom is -0.354 e. The van der Waals surface area contributed by atoms with Gasteiger partial charge < -0.3 is 10.6 Å². The van der Waals surface area contributed by atoms with Crippen LogP contribution in [0.1, 0.15) is 51.1 Å². The van der Waals surface area contributed by atoms with Crippen LogP contribution in [0, 0.1) is 11.7 Å². The highest BCUT2D eigenvalue weighted by atomic mass is 19.1. The predicted molar refractivity (Wildman–Crippen MR) is 82.4 cm³/mol. The Morgan fingerprint density at radius 1 is 1.33 bits per heavy atom. The Balaban J connectivity index is 1.81. The molecule has 1 aliphatic carbocycles. The van der Waals surface area contributed by atoms with Crippen LogP contribution in [0.4, 0.5) is 4.39 Å². The van der Waals surface area contributed by atoms with Crippen molar-refractivity contribution in [3.63, 3.8) is 0 Å². The lowest BCUT2D eigenvalue weighted by molar-refractivity contribution is -0.121. The predicted octanol–water partition coefficient (Wildman–Crippen LogP) is 3.17. The molecule has 0 radical (unpaired) electrons. The summed E-state index contributed by atoms with van der Waals surface area (Å²) in [5.74, 6) is 0.500. The Kier molecular flexibility index (Phi) is 5.74. The molecule has 21 heavy (non-hydrogen) atoms. The second-order valence-corrected chi connectivity index (χ2v) is 5.95. The van der Waals surface area contributed by atoms with E-state index < -0.39 is 0 Å². The first-order valence-electron chi connectivity index (χ1n) is 7.88. The summed E-state index contributed by atoms with van der Waals surface area (Å²) in [7, 11) is 0. The molecule has 2 unspecified atom stereocenters. The van der Waals surface area contributed by atoms with Gasteiger partial charge in [0.05, 0.1) is 0 Å². The molecule has 1 aliphatic rings. The Labute approximate surface area is 126 Å². The normalized spacial score (nSPS) is 17.3. The molecule has 1 amide bonds. The summed E-state index contributed by atoms with van der Waals surface area (Å²) in [5.41, 5.74) is 1.11. The molecule has 1 saturated carbocycles. The monoisotopic (exact) mass is 292 g/mol. The van der Waals surface area contributed by atoms with Gasteiger partial charge in [-0.2, -0.15) is 0 Å². The quantitative estimate of drug-likeness (QED) is 0.772. The molecule has 2 N–H and O–H groups in total. The topological polar surface area (TPSA) is 41.1 Å². The van der Waals surface area contributed by atoms with Crippen LogP contribution < -0.4 is 10.6 Å². The van der Waals surface area contributed by atoms with Crippen molar-refractivity contribution >= 4 is 5.91 Å². The molecule has 0 bridgehead atoms. The fraction of sp³-hybridized carbons (Fsp3) is 0.588. The minimum atomic E-state index is -0.207. The van der Waals surface area contributed by atoms with Gasteiger partial charge in [0.1, 0.15) is 5.82 Å². The molecule has 116 valence electrons. The molecule has 0 aliphatic heterocycles. The first-order valence-corrected chi connectivity index (χ1v) is 7.88. The summed E-state index contributed by atoms with van der Waals surface area (Å²) in [5, 5.41) is 6.42. The molecular weight excluding hydrogens is 267 g/mol. The van der Waals surface area contributed by atoms with Crippen molar-refractivity contribution in [2.75, 3.05) is 6.54 Å². The highest BCUT2D eigenvalue weighted by Gasteiger charge is 2.31. The Morgan fingerprint density at radius 3 is 2.57 bits per heavy atom. The number of nitrogens with one attached hydrogen (secondary N) is 2. The fourth-order valence-electron chi connectivity index (χ4n) is 2.45. The lowest BCUT2D eigenvalue weighted by Crippen LogP contribution is -2.35. The Bertz CT molecular complexity index is 456. The number of rotatable bonds is 8. The lowest BCUT2D eigenvalue weighted by atomic mass is 10.0. The first-order chi connectivity index (χ1) is 10.1. The SMILES string of the molecule is CCC(C)NC(=O)CCNC(c1ccc(F)cc1)C1CC1. The number of halogens is 1. The van der Waals surface area contributed by atoms with E-state index in [2.05, 4.69) is 17.6 Å². The molecule has 3 nitrogen and oxygen atoms in total. The van der Waals surface area contributed by atoms with Crippen LogP contribution in [0.25, 0.3) is 0 Å². The van der Waals surface area contributed by atoms with Crippen LogP contribution in [-0.2, 0) is 4.79 Å². The van der Waals surface area contributed by atoms with E-state index in [4.69, 9.17) is 0 Å². The fourth-order valence-corrected chi connectivity index (χ4v) is 2.45. The lowest BCUT2D eigenvalue weighted by Gasteiger charge is -2.19. The van der Waals surface area contributed by atoms with Gasteiger partial charge in [0.25, 0.3) is 0 Å². The van der Waals surface area contributed by atoms with Gasteiger partial charge in [0.15, 0.2) is 0 Å². The highest BCUT2D eigenvalue weighted by molar-refractivity contribution is 5.76. The molecule has 1 aromatic rings. The van der Waals surface area contributed by atoms with Gasteiger partial charge in [0.2, 0.25) is 5.91 Å². The molecule has 2 rings (SSSR count). The van der Waals surface area contributed by atoms with Crippen LogP contribution in [0.15, 0.2) is 24.3 Å². The maximum absolute atomic E-state index is 13.0. The minimum absolute atomic E-state index is 0.0884.